The number of benzene rings is 1. The van der Waals surface area contributed by atoms with Crippen molar-refractivity contribution in [3.05, 3.63) is 29.0 Å². The zero-order chi connectivity index (χ0) is 18.4. The van der Waals surface area contributed by atoms with Gasteiger partial charge in [-0.2, -0.15) is 5.10 Å². The van der Waals surface area contributed by atoms with Gasteiger partial charge in [0.05, 0.1) is 7.11 Å². The van der Waals surface area contributed by atoms with Gasteiger partial charge in [-0.3, -0.25) is 14.5 Å². The van der Waals surface area contributed by atoms with Crippen LogP contribution in [-0.4, -0.2) is 34.3 Å². The van der Waals surface area contributed by atoms with Crippen molar-refractivity contribution in [2.45, 2.75) is 45.1 Å². The fraction of sp³-hybridized carbons (Fsp3) is 0.526. The summed E-state index contributed by atoms with van der Waals surface area (Å²) in [5.41, 5.74) is 0.931. The molecule has 140 valence electrons. The second-order valence-electron chi connectivity index (χ2n) is 6.79. The summed E-state index contributed by atoms with van der Waals surface area (Å²) in [7, 11) is 1.64. The van der Waals surface area contributed by atoms with Crippen molar-refractivity contribution in [3.63, 3.8) is 0 Å². The highest BCUT2D eigenvalue weighted by Crippen LogP contribution is 2.23. The van der Waals surface area contributed by atoms with Gasteiger partial charge in [0.25, 0.3) is 0 Å². The Bertz CT molecular complexity index is 776. The fourth-order valence-corrected chi connectivity index (χ4v) is 3.66. The summed E-state index contributed by atoms with van der Waals surface area (Å²) in [4.78, 5) is 12.2. The zero-order valence-corrected chi connectivity index (χ0v) is 16.0. The predicted molar refractivity (Wildman–Crippen MR) is 104 cm³/mol. The van der Waals surface area contributed by atoms with Crippen LogP contribution in [0.5, 0.6) is 5.75 Å². The second-order valence-corrected chi connectivity index (χ2v) is 7.18. The highest BCUT2D eigenvalue weighted by molar-refractivity contribution is 7.71. The van der Waals surface area contributed by atoms with E-state index in [0.29, 0.717) is 23.7 Å². The molecule has 7 heteroatoms. The van der Waals surface area contributed by atoms with E-state index >= 15 is 0 Å². The minimum absolute atomic E-state index is 0.0688. The van der Waals surface area contributed by atoms with E-state index in [-0.39, 0.29) is 5.91 Å². The molecule has 6 nitrogen and oxygen atoms in total. The quantitative estimate of drug-likeness (QED) is 0.725. The highest BCUT2D eigenvalue weighted by atomic mass is 32.1. The van der Waals surface area contributed by atoms with E-state index in [1.807, 2.05) is 28.8 Å². The molecule has 0 spiro atoms. The summed E-state index contributed by atoms with van der Waals surface area (Å²) in [6, 6.07) is 7.63. The summed E-state index contributed by atoms with van der Waals surface area (Å²) >= 11 is 5.33. The Morgan fingerprint density at radius 3 is 2.73 bits per heavy atom. The molecule has 3 rings (SSSR count). The lowest BCUT2D eigenvalue weighted by Gasteiger charge is -2.21. The number of nitrogens with one attached hydrogen (secondary N) is 2. The molecule has 1 aliphatic carbocycles. The topological polar surface area (TPSA) is 71.9 Å². The Balaban J connectivity index is 1.58. The Kier molecular flexibility index (Phi) is 6.44. The number of methoxy groups -OCH3 is 1. The summed E-state index contributed by atoms with van der Waals surface area (Å²) in [6.45, 7) is 1.30. The van der Waals surface area contributed by atoms with Crippen LogP contribution in [0.2, 0.25) is 0 Å². The van der Waals surface area contributed by atoms with Gasteiger partial charge in [-0.15, -0.1) is 0 Å². The number of hydrogen-bond acceptors (Lipinski definition) is 4. The van der Waals surface area contributed by atoms with E-state index in [1.165, 1.54) is 32.1 Å². The van der Waals surface area contributed by atoms with E-state index in [2.05, 4.69) is 15.5 Å². The van der Waals surface area contributed by atoms with Gasteiger partial charge < -0.3 is 10.1 Å². The average Bonchev–Trinajstić information content (AvgIpc) is 3.06. The van der Waals surface area contributed by atoms with Crippen LogP contribution in [0.4, 0.5) is 0 Å². The van der Waals surface area contributed by atoms with Crippen LogP contribution < -0.4 is 10.1 Å². The fourth-order valence-electron chi connectivity index (χ4n) is 3.44. The number of carbonyl (C=O) groups is 1. The van der Waals surface area contributed by atoms with Crippen molar-refractivity contribution in [2.24, 2.45) is 5.92 Å². The highest BCUT2D eigenvalue weighted by Gasteiger charge is 2.15. The third-order valence-corrected chi connectivity index (χ3v) is 5.29. The first-order valence-corrected chi connectivity index (χ1v) is 9.64. The summed E-state index contributed by atoms with van der Waals surface area (Å²) in [5, 5.41) is 10.2. The van der Waals surface area contributed by atoms with Gasteiger partial charge in [0.15, 0.2) is 10.6 Å². The van der Waals surface area contributed by atoms with Crippen LogP contribution in [0.1, 0.15) is 38.5 Å². The molecule has 0 saturated heterocycles. The first kappa shape index (κ1) is 18.6. The first-order chi connectivity index (χ1) is 12.7. The Hall–Kier alpha value is -2.15. The number of aromatic nitrogens is 3. The van der Waals surface area contributed by atoms with Gasteiger partial charge in [-0.25, -0.2) is 0 Å². The maximum Gasteiger partial charge on any atom is 0.221 e. The van der Waals surface area contributed by atoms with Crippen molar-refractivity contribution in [2.75, 3.05) is 13.7 Å². The molecule has 1 saturated carbocycles. The second kappa shape index (κ2) is 8.98. The SMILES string of the molecule is COc1ccc(-c2n[nH]c(=S)n2CCC(=O)NCC2CCCCC2)cc1. The normalized spacial score (nSPS) is 15.0. The minimum atomic E-state index is 0.0688. The van der Waals surface area contributed by atoms with Crippen molar-refractivity contribution in [1.82, 2.24) is 20.1 Å². The van der Waals surface area contributed by atoms with Gasteiger partial charge in [0, 0.05) is 25.1 Å². The molecular weight excluding hydrogens is 348 g/mol. The lowest BCUT2D eigenvalue weighted by molar-refractivity contribution is -0.121. The van der Waals surface area contributed by atoms with Crippen LogP contribution in [-0.2, 0) is 11.3 Å². The standard InChI is InChI=1S/C19H26N4O2S/c1-25-16-9-7-15(8-10-16)18-21-22-19(26)23(18)12-11-17(24)20-13-14-5-3-2-4-6-14/h7-10,14H,2-6,11-13H2,1H3,(H,20,24)(H,22,26). The smallest absolute Gasteiger partial charge is 0.221 e. The monoisotopic (exact) mass is 374 g/mol. The molecule has 1 aromatic carbocycles. The Morgan fingerprint density at radius 2 is 2.04 bits per heavy atom. The molecule has 1 amide bonds. The Morgan fingerprint density at radius 1 is 1.31 bits per heavy atom. The number of H-pyrrole nitrogens is 1. The van der Waals surface area contributed by atoms with E-state index < -0.39 is 0 Å². The molecular formula is C19H26N4O2S. The molecule has 0 atom stereocenters. The minimum Gasteiger partial charge on any atom is -0.497 e. The van der Waals surface area contributed by atoms with Gasteiger partial charge >= 0.3 is 0 Å². The number of nitrogens with zero attached hydrogens (tertiary/aromatic N) is 2. The lowest BCUT2D eigenvalue weighted by Crippen LogP contribution is -2.30. The number of amides is 1. The van der Waals surface area contributed by atoms with Crippen molar-refractivity contribution in [3.8, 4) is 17.1 Å². The number of carbonyl (C=O) groups excluding carboxylic acids is 1. The number of rotatable bonds is 7. The molecule has 1 fully saturated rings. The molecule has 1 aliphatic rings. The molecule has 0 unspecified atom stereocenters. The lowest BCUT2D eigenvalue weighted by atomic mass is 9.89. The molecule has 2 N–H and O–H groups in total. The third-order valence-electron chi connectivity index (χ3n) is 4.98. The van der Waals surface area contributed by atoms with Crippen LogP contribution >= 0.6 is 12.2 Å². The van der Waals surface area contributed by atoms with E-state index in [9.17, 15) is 4.79 Å². The predicted octanol–water partition coefficient (Wildman–Crippen LogP) is 3.70. The number of aromatic amines is 1. The number of ether oxygens (including phenoxy) is 1. The molecule has 2 aromatic rings. The van der Waals surface area contributed by atoms with Crippen molar-refractivity contribution >= 4 is 18.1 Å². The van der Waals surface area contributed by atoms with E-state index in [0.717, 1.165) is 23.7 Å². The maximum atomic E-state index is 12.2. The average molecular weight is 375 g/mol. The molecule has 0 radical (unpaired) electrons. The Labute approximate surface area is 159 Å². The first-order valence-electron chi connectivity index (χ1n) is 9.23. The summed E-state index contributed by atoms with van der Waals surface area (Å²) in [5.74, 6) is 2.23. The van der Waals surface area contributed by atoms with E-state index in [1.54, 1.807) is 7.11 Å². The van der Waals surface area contributed by atoms with Crippen molar-refractivity contribution < 1.29 is 9.53 Å². The van der Waals surface area contributed by atoms with Crippen molar-refractivity contribution in [1.29, 1.82) is 0 Å². The largest absolute Gasteiger partial charge is 0.497 e. The van der Waals surface area contributed by atoms with Crippen LogP contribution in [0.15, 0.2) is 24.3 Å². The van der Waals surface area contributed by atoms with Crippen LogP contribution in [0.25, 0.3) is 11.4 Å². The van der Waals surface area contributed by atoms with Gasteiger partial charge in [-0.1, -0.05) is 19.3 Å². The van der Waals surface area contributed by atoms with E-state index in [4.69, 9.17) is 17.0 Å². The molecule has 26 heavy (non-hydrogen) atoms. The van der Waals surface area contributed by atoms with Gasteiger partial charge in [0.1, 0.15) is 5.75 Å². The van der Waals surface area contributed by atoms with Crippen LogP contribution in [0.3, 0.4) is 0 Å². The number of hydrogen-bond donors (Lipinski definition) is 2. The summed E-state index contributed by atoms with van der Waals surface area (Å²) in [6.07, 6.45) is 6.76. The molecule has 0 aliphatic heterocycles. The molecule has 1 aromatic heterocycles. The zero-order valence-electron chi connectivity index (χ0n) is 15.2. The third kappa shape index (κ3) is 4.72. The molecule has 1 heterocycles. The maximum absolute atomic E-state index is 12.2. The van der Waals surface area contributed by atoms with Crippen LogP contribution in [0, 0.1) is 10.7 Å². The molecule has 0 bridgehead atoms. The summed E-state index contributed by atoms with van der Waals surface area (Å²) < 4.78 is 7.58. The van der Waals surface area contributed by atoms with Gasteiger partial charge in [0.2, 0.25) is 5.91 Å². The van der Waals surface area contributed by atoms with Gasteiger partial charge in [-0.05, 0) is 55.2 Å².